The quantitative estimate of drug-likeness (QED) is 0.296. The zero-order valence-electron chi connectivity index (χ0n) is 16.7. The highest BCUT2D eigenvalue weighted by atomic mass is 16.6. The Labute approximate surface area is 169 Å². The summed E-state index contributed by atoms with van der Waals surface area (Å²) in [5.74, 6) is -0.457. The lowest BCUT2D eigenvalue weighted by Crippen LogP contribution is -2.21. The number of nitro groups is 1. The smallest absolute Gasteiger partial charge is 0.306 e. The number of amides is 1. The molecule has 2 aromatic rings. The number of rotatable bonds is 9. The van der Waals surface area contributed by atoms with Crippen LogP contribution in [0.4, 0.5) is 11.4 Å². The maximum absolute atomic E-state index is 12.0. The van der Waals surface area contributed by atoms with Crippen LogP contribution in [0.2, 0.25) is 0 Å². The summed E-state index contributed by atoms with van der Waals surface area (Å²) in [4.78, 5) is 34.3. The summed E-state index contributed by atoms with van der Waals surface area (Å²) in [6.07, 6.45) is 0.542. The second-order valence-corrected chi connectivity index (χ2v) is 6.68. The van der Waals surface area contributed by atoms with Crippen molar-refractivity contribution in [2.75, 3.05) is 18.5 Å². The van der Waals surface area contributed by atoms with Gasteiger partial charge in [0.05, 0.1) is 11.5 Å². The number of hydrogen-bond acceptors (Lipinski definition) is 6. The summed E-state index contributed by atoms with van der Waals surface area (Å²) in [6, 6.07) is 10.5. The van der Waals surface area contributed by atoms with Gasteiger partial charge in [0.15, 0.2) is 6.61 Å². The minimum atomic E-state index is -0.638. The van der Waals surface area contributed by atoms with Gasteiger partial charge in [-0.15, -0.1) is 0 Å². The second-order valence-electron chi connectivity index (χ2n) is 6.68. The fraction of sp³-hybridized carbons (Fsp3) is 0.333. The lowest BCUT2D eigenvalue weighted by molar-refractivity contribution is -0.384. The van der Waals surface area contributed by atoms with E-state index < -0.39 is 23.4 Å². The third-order valence-corrected chi connectivity index (χ3v) is 4.26. The van der Waals surface area contributed by atoms with Crippen LogP contribution in [0.5, 0.6) is 5.75 Å². The van der Waals surface area contributed by atoms with E-state index in [1.807, 2.05) is 31.2 Å². The summed E-state index contributed by atoms with van der Waals surface area (Å²) < 4.78 is 10.4. The number of nitrogens with one attached hydrogen (secondary N) is 1. The molecular formula is C21H24N2O6. The second kappa shape index (κ2) is 10.2. The van der Waals surface area contributed by atoms with Crippen molar-refractivity contribution in [3.63, 3.8) is 0 Å². The standard InChI is InChI=1S/C21H24N2O6/c1-14-6-8-17(9-7-14)28-10-4-5-21(25)29-13-20(24)22-18-11-15(2)16(3)12-19(18)23(26)27/h6-9,11-12H,4-5,10,13H2,1-3H3,(H,22,24). The Kier molecular flexibility index (Phi) is 7.70. The van der Waals surface area contributed by atoms with Crippen LogP contribution in [0.25, 0.3) is 0 Å². The predicted molar refractivity (Wildman–Crippen MR) is 108 cm³/mol. The van der Waals surface area contributed by atoms with Gasteiger partial charge in [-0.1, -0.05) is 17.7 Å². The van der Waals surface area contributed by atoms with Gasteiger partial charge in [-0.05, 0) is 56.5 Å². The van der Waals surface area contributed by atoms with Crippen LogP contribution in [-0.2, 0) is 14.3 Å². The van der Waals surface area contributed by atoms with Crippen LogP contribution in [0.3, 0.4) is 0 Å². The molecule has 2 rings (SSSR count). The van der Waals surface area contributed by atoms with Crippen molar-refractivity contribution in [2.24, 2.45) is 0 Å². The van der Waals surface area contributed by atoms with Crippen LogP contribution >= 0.6 is 0 Å². The number of hydrogen-bond donors (Lipinski definition) is 1. The molecule has 29 heavy (non-hydrogen) atoms. The lowest BCUT2D eigenvalue weighted by atomic mass is 10.1. The molecule has 2 aromatic carbocycles. The monoisotopic (exact) mass is 400 g/mol. The average Bonchev–Trinajstić information content (AvgIpc) is 2.67. The van der Waals surface area contributed by atoms with Crippen LogP contribution in [0.15, 0.2) is 36.4 Å². The molecular weight excluding hydrogens is 376 g/mol. The predicted octanol–water partition coefficient (Wildman–Crippen LogP) is 3.86. The SMILES string of the molecule is Cc1ccc(OCCCC(=O)OCC(=O)Nc2cc(C)c(C)cc2[N+](=O)[O-])cc1. The number of carbonyl (C=O) groups is 2. The molecule has 0 aliphatic heterocycles. The average molecular weight is 400 g/mol. The molecule has 0 radical (unpaired) electrons. The Balaban J connectivity index is 1.74. The first-order chi connectivity index (χ1) is 13.8. The van der Waals surface area contributed by atoms with Crippen LogP contribution in [-0.4, -0.2) is 30.0 Å². The van der Waals surface area contributed by atoms with Gasteiger partial charge in [0.2, 0.25) is 0 Å². The van der Waals surface area contributed by atoms with Gasteiger partial charge in [-0.3, -0.25) is 19.7 Å². The van der Waals surface area contributed by atoms with E-state index in [4.69, 9.17) is 9.47 Å². The first-order valence-corrected chi connectivity index (χ1v) is 9.17. The number of nitro benzene ring substituents is 1. The fourth-order valence-corrected chi connectivity index (χ4v) is 2.50. The Morgan fingerprint density at radius 3 is 2.38 bits per heavy atom. The van der Waals surface area contributed by atoms with Crippen LogP contribution in [0, 0.1) is 30.9 Å². The number of esters is 1. The number of aryl methyl sites for hydroxylation is 3. The fourth-order valence-electron chi connectivity index (χ4n) is 2.50. The third-order valence-electron chi connectivity index (χ3n) is 4.26. The molecule has 8 heteroatoms. The molecule has 0 atom stereocenters. The Morgan fingerprint density at radius 2 is 1.72 bits per heavy atom. The Bertz CT molecular complexity index is 893. The van der Waals surface area contributed by atoms with Crippen molar-refractivity contribution in [3.8, 4) is 5.75 Å². The largest absolute Gasteiger partial charge is 0.494 e. The van der Waals surface area contributed by atoms with Gasteiger partial charge >= 0.3 is 5.97 Å². The highest BCUT2D eigenvalue weighted by Gasteiger charge is 2.18. The van der Waals surface area contributed by atoms with E-state index in [-0.39, 0.29) is 17.8 Å². The molecule has 0 spiro atoms. The van der Waals surface area contributed by atoms with Crippen molar-refractivity contribution in [1.29, 1.82) is 0 Å². The number of nitrogens with zero attached hydrogens (tertiary/aromatic N) is 1. The summed E-state index contributed by atoms with van der Waals surface area (Å²) in [5.41, 5.74) is 2.54. The molecule has 0 bridgehead atoms. The summed E-state index contributed by atoms with van der Waals surface area (Å²) in [6.45, 7) is 5.35. The molecule has 0 saturated carbocycles. The van der Waals surface area contributed by atoms with Gasteiger partial charge in [0.25, 0.3) is 11.6 Å². The third kappa shape index (κ3) is 6.91. The van der Waals surface area contributed by atoms with Crippen molar-refractivity contribution < 1.29 is 24.0 Å². The number of benzene rings is 2. The van der Waals surface area contributed by atoms with Gasteiger partial charge in [0.1, 0.15) is 11.4 Å². The van der Waals surface area contributed by atoms with E-state index in [2.05, 4.69) is 5.32 Å². The van der Waals surface area contributed by atoms with Crippen molar-refractivity contribution in [3.05, 3.63) is 63.2 Å². The van der Waals surface area contributed by atoms with Gasteiger partial charge < -0.3 is 14.8 Å². The number of ether oxygens (including phenoxy) is 2. The minimum Gasteiger partial charge on any atom is -0.494 e. The molecule has 154 valence electrons. The number of carbonyl (C=O) groups excluding carboxylic acids is 2. The van der Waals surface area contributed by atoms with E-state index >= 15 is 0 Å². The first-order valence-electron chi connectivity index (χ1n) is 9.17. The van der Waals surface area contributed by atoms with E-state index in [9.17, 15) is 19.7 Å². The van der Waals surface area contributed by atoms with Gasteiger partial charge in [-0.25, -0.2) is 0 Å². The van der Waals surface area contributed by atoms with E-state index in [0.29, 0.717) is 13.0 Å². The molecule has 0 aliphatic rings. The molecule has 0 saturated heterocycles. The first kappa shape index (κ1) is 21.9. The maximum Gasteiger partial charge on any atom is 0.306 e. The Hall–Kier alpha value is -3.42. The van der Waals surface area contributed by atoms with Crippen LogP contribution in [0.1, 0.15) is 29.5 Å². The highest BCUT2D eigenvalue weighted by Crippen LogP contribution is 2.27. The summed E-state index contributed by atoms with van der Waals surface area (Å²) in [7, 11) is 0. The molecule has 0 unspecified atom stereocenters. The molecule has 0 heterocycles. The molecule has 0 aliphatic carbocycles. The molecule has 8 nitrogen and oxygen atoms in total. The molecule has 0 aromatic heterocycles. The number of anilines is 1. The summed E-state index contributed by atoms with van der Waals surface area (Å²) >= 11 is 0. The van der Waals surface area contributed by atoms with Crippen molar-refractivity contribution >= 4 is 23.3 Å². The Morgan fingerprint density at radius 1 is 1.07 bits per heavy atom. The van der Waals surface area contributed by atoms with E-state index in [1.54, 1.807) is 13.8 Å². The van der Waals surface area contributed by atoms with Crippen LogP contribution < -0.4 is 10.1 Å². The molecule has 1 N–H and O–H groups in total. The molecule has 0 fully saturated rings. The molecule has 1 amide bonds. The van der Waals surface area contributed by atoms with E-state index in [0.717, 1.165) is 22.4 Å². The minimum absolute atomic E-state index is 0.0747. The normalized spacial score (nSPS) is 10.3. The van der Waals surface area contributed by atoms with Gasteiger partial charge in [0, 0.05) is 12.5 Å². The van der Waals surface area contributed by atoms with Crippen molar-refractivity contribution in [1.82, 2.24) is 0 Å². The van der Waals surface area contributed by atoms with Crippen molar-refractivity contribution in [2.45, 2.75) is 33.6 Å². The topological polar surface area (TPSA) is 108 Å². The zero-order valence-corrected chi connectivity index (χ0v) is 16.7. The van der Waals surface area contributed by atoms with E-state index in [1.165, 1.54) is 12.1 Å². The van der Waals surface area contributed by atoms with Gasteiger partial charge in [-0.2, -0.15) is 0 Å². The lowest BCUT2D eigenvalue weighted by Gasteiger charge is -2.10. The highest BCUT2D eigenvalue weighted by molar-refractivity contribution is 5.95. The zero-order chi connectivity index (χ0) is 21.4. The maximum atomic E-state index is 12.0. The summed E-state index contributed by atoms with van der Waals surface area (Å²) in [5, 5.41) is 13.6.